The van der Waals surface area contributed by atoms with Gasteiger partial charge in [0.1, 0.15) is 5.60 Å². The number of nitrogens with one attached hydrogen (secondary N) is 2. The Labute approximate surface area is 209 Å². The van der Waals surface area contributed by atoms with Crippen molar-refractivity contribution < 1.29 is 5.11 Å². The molecule has 2 unspecified atom stereocenters. The second-order valence-electron chi connectivity index (χ2n) is 8.86. The minimum Gasteiger partial charge on any atom is -0.383 e. The maximum atomic E-state index is 10.8. The van der Waals surface area contributed by atoms with Crippen LogP contribution in [0.2, 0.25) is 0 Å². The molecule has 7 nitrogen and oxygen atoms in total. The van der Waals surface area contributed by atoms with Crippen molar-refractivity contribution in [3.05, 3.63) is 53.3 Å². The maximum Gasteiger partial charge on any atom is 0.191 e. The summed E-state index contributed by atoms with van der Waals surface area (Å²) >= 11 is 0. The van der Waals surface area contributed by atoms with E-state index in [2.05, 4.69) is 51.8 Å². The second kappa shape index (κ2) is 12.6. The van der Waals surface area contributed by atoms with Crippen molar-refractivity contribution in [2.75, 3.05) is 19.6 Å². The van der Waals surface area contributed by atoms with E-state index >= 15 is 0 Å². The molecule has 0 bridgehead atoms. The summed E-state index contributed by atoms with van der Waals surface area (Å²) in [6, 6.07) is 9.46. The minimum atomic E-state index is -1.03. The molecular weight excluding hydrogens is 515 g/mol. The normalized spacial score (nSPS) is 19.2. The predicted molar refractivity (Wildman–Crippen MR) is 141 cm³/mol. The number of hydrogen-bond acceptors (Lipinski definition) is 4. The molecule has 8 heteroatoms. The Kier molecular flexibility index (Phi) is 10.4. The summed E-state index contributed by atoms with van der Waals surface area (Å²) in [5.74, 6) is 0.692. The number of nitrogens with zero attached hydrogens (tertiary/aromatic N) is 4. The molecule has 0 amide bonds. The van der Waals surface area contributed by atoms with Gasteiger partial charge in [-0.3, -0.25) is 9.58 Å². The fraction of sp³-hybridized carbons (Fsp3) is 0.583. The number of hydrogen-bond donors (Lipinski definition) is 3. The van der Waals surface area contributed by atoms with Crippen LogP contribution < -0.4 is 10.6 Å². The molecule has 0 spiro atoms. The first-order valence-electron chi connectivity index (χ1n) is 11.4. The molecule has 1 fully saturated rings. The fourth-order valence-electron chi connectivity index (χ4n) is 3.95. The quantitative estimate of drug-likeness (QED) is 0.265. The van der Waals surface area contributed by atoms with E-state index in [1.165, 1.54) is 36.9 Å². The van der Waals surface area contributed by atoms with Gasteiger partial charge >= 0.3 is 0 Å². The summed E-state index contributed by atoms with van der Waals surface area (Å²) in [7, 11) is 1.84. The molecule has 1 aliphatic rings. The fourth-order valence-corrected chi connectivity index (χ4v) is 3.95. The smallest absolute Gasteiger partial charge is 0.191 e. The van der Waals surface area contributed by atoms with Gasteiger partial charge in [-0.2, -0.15) is 5.10 Å². The van der Waals surface area contributed by atoms with Gasteiger partial charge in [0.2, 0.25) is 0 Å². The Morgan fingerprint density at radius 1 is 1.22 bits per heavy atom. The van der Waals surface area contributed by atoms with Gasteiger partial charge in [-0.25, -0.2) is 4.99 Å². The van der Waals surface area contributed by atoms with Gasteiger partial charge in [0, 0.05) is 37.9 Å². The molecule has 178 valence electrons. The third-order valence-corrected chi connectivity index (χ3v) is 6.04. The standard InChI is InChI=1S/C24H38N6O.HI/c1-5-25-23(27-18-24(3,31)22-15-28-29(4)17-22)26-14-20-9-11-21(12-10-20)16-30-13-7-6-8-19(30)2;/h9-12,15,17,19,31H,5-8,13-14,16,18H2,1-4H3,(H2,25,26,27);1H. The highest BCUT2D eigenvalue weighted by atomic mass is 127. The highest BCUT2D eigenvalue weighted by molar-refractivity contribution is 14.0. The van der Waals surface area contributed by atoms with Gasteiger partial charge in [0.15, 0.2) is 5.96 Å². The summed E-state index contributed by atoms with van der Waals surface area (Å²) in [6.45, 7) is 10.1. The molecule has 0 aliphatic carbocycles. The Morgan fingerprint density at radius 2 is 1.94 bits per heavy atom. The number of aryl methyl sites for hydroxylation is 1. The van der Waals surface area contributed by atoms with E-state index in [0.29, 0.717) is 25.1 Å². The monoisotopic (exact) mass is 554 g/mol. The molecule has 1 saturated heterocycles. The van der Waals surface area contributed by atoms with E-state index < -0.39 is 5.60 Å². The van der Waals surface area contributed by atoms with Crippen molar-refractivity contribution in [3.8, 4) is 0 Å². The average Bonchev–Trinajstić information content (AvgIpc) is 3.20. The summed E-state index contributed by atoms with van der Waals surface area (Å²) < 4.78 is 1.69. The first-order valence-corrected chi connectivity index (χ1v) is 11.4. The van der Waals surface area contributed by atoms with Crippen molar-refractivity contribution in [1.29, 1.82) is 0 Å². The highest BCUT2D eigenvalue weighted by Gasteiger charge is 2.25. The number of rotatable bonds is 8. The van der Waals surface area contributed by atoms with Crippen molar-refractivity contribution in [1.82, 2.24) is 25.3 Å². The number of benzene rings is 1. The zero-order chi connectivity index (χ0) is 22.3. The molecule has 0 radical (unpaired) electrons. The molecule has 2 aromatic rings. The first-order chi connectivity index (χ1) is 14.9. The van der Waals surface area contributed by atoms with Crippen molar-refractivity contribution in [2.24, 2.45) is 12.0 Å². The van der Waals surface area contributed by atoms with E-state index in [4.69, 9.17) is 4.99 Å². The SMILES string of the molecule is CCNC(=NCc1ccc(CN2CCCCC2C)cc1)NCC(C)(O)c1cnn(C)c1.I. The van der Waals surface area contributed by atoms with Crippen molar-refractivity contribution in [3.63, 3.8) is 0 Å². The van der Waals surface area contributed by atoms with Crippen LogP contribution in [-0.4, -0.2) is 51.4 Å². The summed E-state index contributed by atoms with van der Waals surface area (Å²) in [5, 5.41) is 21.4. The molecule has 0 saturated carbocycles. The number of aliphatic imine (C=N–C) groups is 1. The van der Waals surface area contributed by atoms with Crippen LogP contribution in [0.3, 0.4) is 0 Å². The highest BCUT2D eigenvalue weighted by Crippen LogP contribution is 2.20. The van der Waals surface area contributed by atoms with Crippen LogP contribution in [0.15, 0.2) is 41.7 Å². The molecule has 2 heterocycles. The summed E-state index contributed by atoms with van der Waals surface area (Å²) in [5.41, 5.74) is 2.28. The second-order valence-corrected chi connectivity index (χ2v) is 8.86. The van der Waals surface area contributed by atoms with Gasteiger partial charge < -0.3 is 15.7 Å². The van der Waals surface area contributed by atoms with Gasteiger partial charge in [-0.1, -0.05) is 30.7 Å². The number of aromatic nitrogens is 2. The van der Waals surface area contributed by atoms with Gasteiger partial charge in [0.25, 0.3) is 0 Å². The van der Waals surface area contributed by atoms with E-state index in [-0.39, 0.29) is 24.0 Å². The molecular formula is C24H39IN6O. The van der Waals surface area contributed by atoms with Gasteiger partial charge in [-0.15, -0.1) is 24.0 Å². The topological polar surface area (TPSA) is 77.7 Å². The lowest BCUT2D eigenvalue weighted by atomic mass is 10.00. The third-order valence-electron chi connectivity index (χ3n) is 6.04. The number of likely N-dealkylation sites (tertiary alicyclic amines) is 1. The zero-order valence-corrected chi connectivity index (χ0v) is 22.2. The van der Waals surface area contributed by atoms with Crippen LogP contribution in [0.5, 0.6) is 0 Å². The first kappa shape index (κ1) is 26.6. The molecule has 32 heavy (non-hydrogen) atoms. The molecule has 3 N–H and O–H groups in total. The predicted octanol–water partition coefficient (Wildman–Crippen LogP) is 3.38. The Morgan fingerprint density at radius 3 is 2.56 bits per heavy atom. The summed E-state index contributed by atoms with van der Waals surface area (Å²) in [6.07, 6.45) is 7.50. The van der Waals surface area contributed by atoms with E-state index in [0.717, 1.165) is 18.7 Å². The van der Waals surface area contributed by atoms with Crippen molar-refractivity contribution in [2.45, 2.75) is 64.8 Å². The third kappa shape index (κ3) is 7.74. The number of piperidine rings is 1. The van der Waals surface area contributed by atoms with Gasteiger partial charge in [0.05, 0.1) is 19.3 Å². The molecule has 1 aromatic heterocycles. The van der Waals surface area contributed by atoms with Crippen molar-refractivity contribution >= 4 is 29.9 Å². The average molecular weight is 555 g/mol. The lowest BCUT2D eigenvalue weighted by molar-refractivity contribution is 0.0616. The molecule has 1 aromatic carbocycles. The van der Waals surface area contributed by atoms with E-state index in [1.807, 2.05) is 20.2 Å². The Bertz CT molecular complexity index is 848. The van der Waals surface area contributed by atoms with Crippen LogP contribution in [0.25, 0.3) is 0 Å². The lowest BCUT2D eigenvalue weighted by Crippen LogP contribution is -2.44. The Balaban J connectivity index is 0.00000363. The summed E-state index contributed by atoms with van der Waals surface area (Å²) in [4.78, 5) is 7.28. The molecule has 1 aliphatic heterocycles. The maximum absolute atomic E-state index is 10.8. The number of guanidine groups is 1. The minimum absolute atomic E-state index is 0. The van der Waals surface area contributed by atoms with Crippen LogP contribution in [0, 0.1) is 0 Å². The van der Waals surface area contributed by atoms with Crippen LogP contribution >= 0.6 is 24.0 Å². The van der Waals surface area contributed by atoms with Crippen LogP contribution in [0.1, 0.15) is 56.7 Å². The largest absolute Gasteiger partial charge is 0.383 e. The zero-order valence-electron chi connectivity index (χ0n) is 19.8. The lowest BCUT2D eigenvalue weighted by Gasteiger charge is -2.33. The number of halogens is 1. The Hall–Kier alpha value is -1.65. The molecule has 3 rings (SSSR count). The van der Waals surface area contributed by atoms with E-state index in [9.17, 15) is 5.11 Å². The molecule has 2 atom stereocenters. The van der Waals surface area contributed by atoms with Gasteiger partial charge in [-0.05, 0) is 51.3 Å². The van der Waals surface area contributed by atoms with E-state index in [1.54, 1.807) is 17.8 Å². The number of aliphatic hydroxyl groups is 1. The van der Waals surface area contributed by atoms with Crippen LogP contribution in [0.4, 0.5) is 0 Å². The van der Waals surface area contributed by atoms with Crippen LogP contribution in [-0.2, 0) is 25.7 Å².